The number of halogens is 2. The second-order valence-corrected chi connectivity index (χ2v) is 15.3. The van der Waals surface area contributed by atoms with E-state index in [1.54, 1.807) is 43.9 Å². The average molecular weight is 739 g/mol. The topological polar surface area (TPSA) is 160 Å². The first-order chi connectivity index (χ1) is 25.4. The van der Waals surface area contributed by atoms with Gasteiger partial charge >= 0.3 is 12.1 Å². The zero-order chi connectivity index (χ0) is 37.2. The minimum absolute atomic E-state index is 0.00970. The van der Waals surface area contributed by atoms with Crippen LogP contribution in [0.25, 0.3) is 43.0 Å². The molecule has 1 amide bonds. The molecule has 272 valence electrons. The van der Waals surface area contributed by atoms with E-state index in [0.717, 1.165) is 36.3 Å². The van der Waals surface area contributed by atoms with Gasteiger partial charge in [-0.05, 0) is 64.9 Å². The molecule has 1 fully saturated rings. The first kappa shape index (κ1) is 34.4. The van der Waals surface area contributed by atoms with Gasteiger partial charge in [0.25, 0.3) is 0 Å². The summed E-state index contributed by atoms with van der Waals surface area (Å²) < 4.78 is 46.6. The highest BCUT2D eigenvalue weighted by Crippen LogP contribution is 2.48. The molecule has 1 atom stereocenters. The van der Waals surface area contributed by atoms with Crippen LogP contribution in [0.5, 0.6) is 6.01 Å². The fraction of sp³-hybridized carbons (Fsp3) is 0.351. The molecule has 2 aliphatic heterocycles. The normalized spacial score (nSPS) is 16.1. The maximum Gasteiger partial charge on any atom is 0.412 e. The van der Waals surface area contributed by atoms with Gasteiger partial charge in [-0.25, -0.2) is 18.6 Å². The summed E-state index contributed by atoms with van der Waals surface area (Å²) in [6.07, 6.45) is 4.38. The van der Waals surface area contributed by atoms with E-state index in [1.807, 2.05) is 18.0 Å². The Labute approximate surface area is 306 Å². The molecule has 13 nitrogen and oxygen atoms in total. The van der Waals surface area contributed by atoms with Crippen LogP contribution in [0.2, 0.25) is 0 Å². The van der Waals surface area contributed by atoms with Crippen molar-refractivity contribution in [3.05, 3.63) is 59.4 Å². The number of hydrogen-bond acceptors (Lipinski definition) is 12. The minimum Gasteiger partial charge on any atom is -0.462 e. The molecule has 8 rings (SSSR count). The number of carbonyl (C=O) groups excluding carboxylic acids is 1. The van der Waals surface area contributed by atoms with Crippen LogP contribution in [0.15, 0.2) is 36.7 Å². The highest BCUT2D eigenvalue weighted by Gasteiger charge is 2.32. The number of thiophene rings is 1. The number of nitrogen functional groups attached to an aromatic ring is 1. The Kier molecular flexibility index (Phi) is 8.50. The third-order valence-corrected chi connectivity index (χ3v) is 10.8. The number of ether oxygens (including phenoxy) is 2. The Morgan fingerprint density at radius 3 is 2.74 bits per heavy atom. The fourth-order valence-electron chi connectivity index (χ4n) is 7.20. The third kappa shape index (κ3) is 6.09. The summed E-state index contributed by atoms with van der Waals surface area (Å²) in [5.74, 6) is -0.525. The van der Waals surface area contributed by atoms with Gasteiger partial charge in [-0.15, -0.1) is 11.3 Å². The Morgan fingerprint density at radius 2 is 2.00 bits per heavy atom. The number of nitriles is 1. The van der Waals surface area contributed by atoms with E-state index in [4.69, 9.17) is 25.2 Å². The molecule has 4 aromatic heterocycles. The van der Waals surface area contributed by atoms with E-state index in [9.17, 15) is 10.1 Å². The van der Waals surface area contributed by atoms with Crippen molar-refractivity contribution in [1.82, 2.24) is 29.6 Å². The lowest BCUT2D eigenvalue weighted by atomic mass is 9.94. The van der Waals surface area contributed by atoms with Crippen LogP contribution < -0.4 is 20.7 Å². The number of benzene rings is 2. The summed E-state index contributed by atoms with van der Waals surface area (Å²) in [6.45, 7) is 7.57. The summed E-state index contributed by atoms with van der Waals surface area (Å²) in [6, 6.07) is 8.64. The quantitative estimate of drug-likeness (QED) is 0.177. The largest absolute Gasteiger partial charge is 0.462 e. The molecular weight excluding hydrogens is 703 g/mol. The Balaban J connectivity index is 1.35. The van der Waals surface area contributed by atoms with Crippen LogP contribution >= 0.6 is 11.3 Å². The van der Waals surface area contributed by atoms with Crippen molar-refractivity contribution in [2.75, 3.05) is 42.7 Å². The highest BCUT2D eigenvalue weighted by atomic mass is 32.1. The lowest BCUT2D eigenvalue weighted by Crippen LogP contribution is -2.31. The number of carbonyl (C=O) groups is 1. The summed E-state index contributed by atoms with van der Waals surface area (Å²) in [4.78, 5) is 30.8. The molecule has 16 heteroatoms. The summed E-state index contributed by atoms with van der Waals surface area (Å²) in [5, 5.41) is 18.8. The van der Waals surface area contributed by atoms with Gasteiger partial charge in [0.1, 0.15) is 46.2 Å². The summed E-state index contributed by atoms with van der Waals surface area (Å²) in [5.41, 5.74) is 7.08. The lowest BCUT2D eigenvalue weighted by molar-refractivity contribution is 0.0636. The number of amides is 1. The van der Waals surface area contributed by atoms with Crippen molar-refractivity contribution >= 4 is 66.0 Å². The first-order valence-corrected chi connectivity index (χ1v) is 18.0. The number of likely N-dealkylation sites (N-methyl/N-ethyl adjacent to an activating group) is 1. The fourth-order valence-corrected chi connectivity index (χ4v) is 8.27. The molecule has 6 aromatic rings. The van der Waals surface area contributed by atoms with Gasteiger partial charge in [-0.1, -0.05) is 12.1 Å². The van der Waals surface area contributed by atoms with Gasteiger partial charge in [-0.2, -0.15) is 20.3 Å². The second-order valence-electron chi connectivity index (χ2n) is 14.3. The van der Waals surface area contributed by atoms with Gasteiger partial charge < -0.3 is 25.0 Å². The predicted octanol–water partition coefficient (Wildman–Crippen LogP) is 6.83. The molecular formula is C37H36F2N10O3S. The van der Waals surface area contributed by atoms with Gasteiger partial charge in [0, 0.05) is 47.2 Å². The van der Waals surface area contributed by atoms with E-state index in [2.05, 4.69) is 26.4 Å². The predicted molar refractivity (Wildman–Crippen MR) is 199 cm³/mol. The van der Waals surface area contributed by atoms with E-state index < -0.39 is 23.3 Å². The van der Waals surface area contributed by atoms with Crippen molar-refractivity contribution in [1.29, 1.82) is 5.26 Å². The molecule has 3 N–H and O–H groups in total. The molecule has 0 unspecified atom stereocenters. The molecule has 0 aliphatic carbocycles. The van der Waals surface area contributed by atoms with Crippen LogP contribution in [0, 0.1) is 23.0 Å². The van der Waals surface area contributed by atoms with Gasteiger partial charge in [0.2, 0.25) is 0 Å². The maximum absolute atomic E-state index is 17.6. The van der Waals surface area contributed by atoms with Crippen molar-refractivity contribution in [3.63, 3.8) is 0 Å². The molecule has 0 bridgehead atoms. The molecule has 2 aliphatic rings. The zero-order valence-electron chi connectivity index (χ0n) is 29.5. The number of anilines is 3. The highest BCUT2D eigenvalue weighted by molar-refractivity contribution is 7.23. The first-order valence-electron chi connectivity index (χ1n) is 17.2. The van der Waals surface area contributed by atoms with Crippen molar-refractivity contribution in [3.8, 4) is 23.2 Å². The van der Waals surface area contributed by atoms with Gasteiger partial charge in [0.05, 0.1) is 33.9 Å². The Bertz CT molecular complexity index is 2490. The van der Waals surface area contributed by atoms with Crippen LogP contribution in [-0.2, 0) is 17.8 Å². The molecule has 0 radical (unpaired) electrons. The number of nitrogens with two attached hydrogens (primary N) is 1. The third-order valence-electron chi connectivity index (χ3n) is 9.67. The van der Waals surface area contributed by atoms with E-state index in [-0.39, 0.29) is 49.3 Å². The van der Waals surface area contributed by atoms with E-state index in [1.165, 1.54) is 12.1 Å². The van der Waals surface area contributed by atoms with E-state index >= 15 is 8.78 Å². The minimum atomic E-state index is -0.815. The molecule has 0 saturated carbocycles. The number of nitrogens with zero attached hydrogens (tertiary/aromatic N) is 8. The lowest BCUT2D eigenvalue weighted by Gasteiger charge is -2.25. The van der Waals surface area contributed by atoms with Crippen molar-refractivity contribution in [2.45, 2.75) is 58.3 Å². The van der Waals surface area contributed by atoms with Crippen LogP contribution in [0.1, 0.15) is 44.7 Å². The summed E-state index contributed by atoms with van der Waals surface area (Å²) >= 11 is 0.874. The van der Waals surface area contributed by atoms with Crippen LogP contribution in [-0.4, -0.2) is 74.1 Å². The number of hydrogen-bond donors (Lipinski definition) is 2. The number of likely N-dealkylation sites (tertiary alicyclic amines) is 1. The van der Waals surface area contributed by atoms with Crippen LogP contribution in [0.4, 0.5) is 30.2 Å². The molecule has 6 heterocycles. The zero-order valence-corrected chi connectivity index (χ0v) is 30.4. The van der Waals surface area contributed by atoms with E-state index in [0.29, 0.717) is 54.2 Å². The van der Waals surface area contributed by atoms with Crippen molar-refractivity contribution < 1.29 is 23.0 Å². The molecule has 2 aromatic carbocycles. The standard InChI is InChI=1S/C37H36F2N10O3S/c1-37(2,3)52-36(50)46-34-22(15-40)26-21(9-10-24(38)31(26)53-34)25-23-16-43-49-14-13-48(17-19-7-5-11-42-32(19)41)33-27(30(23)49)29(28(25)39)44-35(45-33)51-18-20-8-6-12-47(20)4/h5,7,9-11,16,20H,6,8,12-14,17-18H2,1-4H3,(H2,41,42)(H,46,50)/t20-/m0/s1. The smallest absolute Gasteiger partial charge is 0.412 e. The van der Waals surface area contributed by atoms with Crippen LogP contribution in [0.3, 0.4) is 0 Å². The number of fused-ring (bicyclic) bond motifs is 1. The molecule has 0 spiro atoms. The monoisotopic (exact) mass is 738 g/mol. The molecule has 53 heavy (non-hydrogen) atoms. The number of aromatic nitrogens is 5. The number of rotatable bonds is 7. The SMILES string of the molecule is CN1CCC[C@H]1COc1nc2c3c(n1)c(F)c(-c1ccc(F)c4sc(NC(=O)OC(C)(C)C)c(C#N)c14)c1cnn(c13)CCN2Cc1cccnc1N. The Hall–Kier alpha value is -5.66. The Morgan fingerprint density at radius 1 is 1.17 bits per heavy atom. The molecule has 1 saturated heterocycles. The summed E-state index contributed by atoms with van der Waals surface area (Å²) in [7, 11) is 2.04. The van der Waals surface area contributed by atoms with Crippen molar-refractivity contribution in [2.24, 2.45) is 0 Å². The maximum atomic E-state index is 17.6. The number of pyridine rings is 1. The average Bonchev–Trinajstić information content (AvgIpc) is 3.80. The van der Waals surface area contributed by atoms with Gasteiger partial charge in [-0.3, -0.25) is 10.00 Å². The van der Waals surface area contributed by atoms with Gasteiger partial charge in [0.15, 0.2) is 5.82 Å². The number of nitrogens with one attached hydrogen (secondary N) is 1. The second kappa shape index (κ2) is 13.1.